The smallest absolute Gasteiger partial charge is 0.231 e. The van der Waals surface area contributed by atoms with Gasteiger partial charge in [0.15, 0.2) is 11.5 Å². The van der Waals surface area contributed by atoms with Crippen LogP contribution in [0.2, 0.25) is 0 Å². The lowest BCUT2D eigenvalue weighted by atomic mass is 10.1. The summed E-state index contributed by atoms with van der Waals surface area (Å²) in [5.41, 5.74) is 3.94. The first-order valence-electron chi connectivity index (χ1n) is 8.00. The van der Waals surface area contributed by atoms with Crippen molar-refractivity contribution in [3.8, 4) is 22.8 Å². The van der Waals surface area contributed by atoms with E-state index in [1.165, 1.54) is 0 Å². The van der Waals surface area contributed by atoms with Gasteiger partial charge in [0.2, 0.25) is 11.6 Å². The van der Waals surface area contributed by atoms with Crippen molar-refractivity contribution in [1.29, 1.82) is 0 Å². The van der Waals surface area contributed by atoms with Crippen LogP contribution in [0.25, 0.3) is 11.3 Å². The van der Waals surface area contributed by atoms with Gasteiger partial charge < -0.3 is 9.47 Å². The van der Waals surface area contributed by atoms with Crippen LogP contribution in [0.5, 0.6) is 11.5 Å². The largest absolute Gasteiger partial charge is 0.454 e. The van der Waals surface area contributed by atoms with Crippen molar-refractivity contribution < 1.29 is 9.47 Å². The Labute approximate surface area is 163 Å². The molecule has 1 aliphatic heterocycles. The summed E-state index contributed by atoms with van der Waals surface area (Å²) in [7, 11) is 1.78. The van der Waals surface area contributed by atoms with E-state index in [1.807, 2.05) is 41.9 Å². The van der Waals surface area contributed by atoms with Crippen LogP contribution in [-0.4, -0.2) is 24.2 Å². The summed E-state index contributed by atoms with van der Waals surface area (Å²) in [6.45, 7) is 2.24. The van der Waals surface area contributed by atoms with Crippen LogP contribution in [0, 0.1) is 0 Å². The van der Waals surface area contributed by atoms with Gasteiger partial charge >= 0.3 is 0 Å². The summed E-state index contributed by atoms with van der Waals surface area (Å²) in [5, 5.41) is 6.90. The zero-order valence-corrected chi connectivity index (χ0v) is 16.7. The average Bonchev–Trinajstić information content (AvgIpc) is 3.28. The minimum atomic E-state index is 0.265. The van der Waals surface area contributed by atoms with Gasteiger partial charge in [-0.05, 0) is 37.3 Å². The molecule has 2 aromatic carbocycles. The van der Waals surface area contributed by atoms with Crippen molar-refractivity contribution in [3.05, 3.63) is 62.7 Å². The maximum Gasteiger partial charge on any atom is 0.231 e. The third-order valence-electron chi connectivity index (χ3n) is 4.06. The number of hydrogen-bond donors (Lipinski definition) is 0. The molecule has 0 amide bonds. The first-order valence-corrected chi connectivity index (χ1v) is 9.68. The molecule has 0 unspecified atom stereocenters. The van der Waals surface area contributed by atoms with Crippen molar-refractivity contribution in [2.75, 3.05) is 13.8 Å². The van der Waals surface area contributed by atoms with Crippen LogP contribution < -0.4 is 14.3 Å². The van der Waals surface area contributed by atoms with E-state index >= 15 is 0 Å². The third-order valence-corrected chi connectivity index (χ3v) is 5.49. The molecular weight excluding hydrogens is 414 g/mol. The molecule has 0 spiro atoms. The molecule has 1 aliphatic rings. The maximum absolute atomic E-state index is 5.47. The Bertz CT molecular complexity index is 1050. The lowest BCUT2D eigenvalue weighted by molar-refractivity contribution is 0.174. The highest BCUT2D eigenvalue weighted by Crippen LogP contribution is 2.32. The van der Waals surface area contributed by atoms with Gasteiger partial charge in [-0.2, -0.15) is 5.10 Å². The number of ether oxygens (including phenoxy) is 2. The Morgan fingerprint density at radius 1 is 1.12 bits per heavy atom. The standard InChI is InChI=1S/C19H16BrN3O2S/c1-12(14-5-8-17-18(9-14)25-11-24-17)22-23-16(10-26-19(23)21-2)13-3-6-15(20)7-4-13/h3-10H,11H2,1-2H3. The van der Waals surface area contributed by atoms with Gasteiger partial charge in [0.05, 0.1) is 11.4 Å². The number of rotatable bonds is 3. The van der Waals surface area contributed by atoms with Crippen molar-refractivity contribution in [2.45, 2.75) is 6.92 Å². The molecule has 4 rings (SSSR count). The van der Waals surface area contributed by atoms with E-state index in [0.29, 0.717) is 0 Å². The number of fused-ring (bicyclic) bond motifs is 1. The number of hydrogen-bond acceptors (Lipinski definition) is 5. The van der Waals surface area contributed by atoms with E-state index in [2.05, 4.69) is 38.4 Å². The molecule has 0 saturated carbocycles. The average molecular weight is 430 g/mol. The van der Waals surface area contributed by atoms with Gasteiger partial charge in [-0.25, -0.2) is 4.68 Å². The quantitative estimate of drug-likeness (QED) is 0.574. The van der Waals surface area contributed by atoms with Crippen LogP contribution in [0.4, 0.5) is 0 Å². The van der Waals surface area contributed by atoms with Gasteiger partial charge in [0.25, 0.3) is 0 Å². The minimum absolute atomic E-state index is 0.265. The zero-order valence-electron chi connectivity index (χ0n) is 14.3. The molecule has 0 N–H and O–H groups in total. The van der Waals surface area contributed by atoms with Crippen molar-refractivity contribution in [2.24, 2.45) is 10.1 Å². The first-order chi connectivity index (χ1) is 12.7. The molecule has 3 aromatic rings. The van der Waals surface area contributed by atoms with Gasteiger partial charge in [0.1, 0.15) is 0 Å². The van der Waals surface area contributed by atoms with E-state index in [9.17, 15) is 0 Å². The Kier molecular flexibility index (Phi) is 4.65. The predicted octanol–water partition coefficient (Wildman–Crippen LogP) is 4.51. The molecule has 7 heteroatoms. The Hall–Kier alpha value is -2.38. The third kappa shape index (κ3) is 3.20. The van der Waals surface area contributed by atoms with Crippen LogP contribution in [0.1, 0.15) is 12.5 Å². The highest BCUT2D eigenvalue weighted by Gasteiger charge is 2.15. The van der Waals surface area contributed by atoms with Crippen molar-refractivity contribution in [1.82, 2.24) is 4.68 Å². The second-order valence-corrected chi connectivity index (χ2v) is 7.45. The minimum Gasteiger partial charge on any atom is -0.454 e. The van der Waals surface area contributed by atoms with Crippen LogP contribution in [0.15, 0.2) is 62.4 Å². The van der Waals surface area contributed by atoms with E-state index in [0.717, 1.165) is 43.3 Å². The summed E-state index contributed by atoms with van der Waals surface area (Å²) in [4.78, 5) is 5.20. The van der Waals surface area contributed by atoms with Gasteiger partial charge in [-0.15, -0.1) is 11.3 Å². The van der Waals surface area contributed by atoms with Gasteiger partial charge in [-0.3, -0.25) is 4.99 Å². The van der Waals surface area contributed by atoms with Crippen LogP contribution >= 0.6 is 27.3 Å². The van der Waals surface area contributed by atoms with Crippen LogP contribution in [-0.2, 0) is 0 Å². The maximum atomic E-state index is 5.47. The van der Waals surface area contributed by atoms with E-state index in [4.69, 9.17) is 14.6 Å². The molecule has 0 fully saturated rings. The summed E-state index contributed by atoms with van der Waals surface area (Å²) >= 11 is 5.04. The second-order valence-electron chi connectivity index (χ2n) is 5.70. The number of aromatic nitrogens is 1. The number of nitrogens with zero attached hydrogens (tertiary/aromatic N) is 3. The Balaban J connectivity index is 1.78. The fourth-order valence-electron chi connectivity index (χ4n) is 2.70. The lowest BCUT2D eigenvalue weighted by Gasteiger charge is -2.07. The van der Waals surface area contributed by atoms with Crippen LogP contribution in [0.3, 0.4) is 0 Å². The Morgan fingerprint density at radius 2 is 1.88 bits per heavy atom. The summed E-state index contributed by atoms with van der Waals surface area (Å²) in [5.74, 6) is 1.52. The zero-order chi connectivity index (χ0) is 18.1. The van der Waals surface area contributed by atoms with Gasteiger partial charge in [-0.1, -0.05) is 28.1 Å². The van der Waals surface area contributed by atoms with Gasteiger partial charge in [0, 0.05) is 28.0 Å². The summed E-state index contributed by atoms with van der Waals surface area (Å²) in [6, 6.07) is 14.0. The molecule has 1 aromatic heterocycles. The molecule has 0 aliphatic carbocycles. The highest BCUT2D eigenvalue weighted by molar-refractivity contribution is 9.10. The number of benzene rings is 2. The first kappa shape index (κ1) is 17.1. The molecule has 2 heterocycles. The van der Waals surface area contributed by atoms with E-state index < -0.39 is 0 Å². The Morgan fingerprint density at radius 3 is 2.65 bits per heavy atom. The predicted molar refractivity (Wildman–Crippen MR) is 107 cm³/mol. The molecule has 0 atom stereocenters. The summed E-state index contributed by atoms with van der Waals surface area (Å²) < 4.78 is 13.8. The monoisotopic (exact) mass is 429 g/mol. The number of thiazole rings is 1. The molecule has 132 valence electrons. The highest BCUT2D eigenvalue weighted by atomic mass is 79.9. The molecule has 0 bridgehead atoms. The second kappa shape index (κ2) is 7.09. The van der Waals surface area contributed by atoms with E-state index in [-0.39, 0.29) is 6.79 Å². The molecule has 26 heavy (non-hydrogen) atoms. The molecule has 0 radical (unpaired) electrons. The molecule has 0 saturated heterocycles. The normalized spacial score (nSPS) is 14.1. The molecular formula is C19H16BrN3O2S. The van der Waals surface area contributed by atoms with Crippen molar-refractivity contribution >= 4 is 33.0 Å². The van der Waals surface area contributed by atoms with E-state index in [1.54, 1.807) is 18.4 Å². The number of halogens is 1. The fraction of sp³-hybridized carbons (Fsp3) is 0.158. The topological polar surface area (TPSA) is 48.1 Å². The summed E-state index contributed by atoms with van der Waals surface area (Å²) in [6.07, 6.45) is 0. The SMILES string of the molecule is CN=c1scc(-c2ccc(Br)cc2)n1N=C(C)c1ccc2c(c1)OCO2. The van der Waals surface area contributed by atoms with Crippen molar-refractivity contribution in [3.63, 3.8) is 0 Å². The fourth-order valence-corrected chi connectivity index (χ4v) is 3.76. The molecule has 5 nitrogen and oxygen atoms in total. The lowest BCUT2D eigenvalue weighted by Crippen LogP contribution is -2.13.